The van der Waals surface area contributed by atoms with Gasteiger partial charge in [0.25, 0.3) is 11.8 Å². The fraction of sp³-hybridized carbons (Fsp3) is 0.250. The van der Waals surface area contributed by atoms with E-state index >= 15 is 0 Å². The standard InChI is InChI=1S/C20H18N4O2S/c25-19(14-6-9-27-13-14)22-11-17-18(12-22)24(10-15-4-1-2-7-21-15)20(26)16-5-3-8-23(16)17/h1-9,13,17-18H,10-12H2. The summed E-state index contributed by atoms with van der Waals surface area (Å²) in [6.07, 6.45) is 3.69. The number of likely N-dealkylation sites (tertiary alicyclic amines) is 1. The Bertz CT molecular complexity index is 983. The third kappa shape index (κ3) is 2.66. The summed E-state index contributed by atoms with van der Waals surface area (Å²) in [6.45, 7) is 1.59. The van der Waals surface area contributed by atoms with Crippen LogP contribution in [0.5, 0.6) is 0 Å². The van der Waals surface area contributed by atoms with Gasteiger partial charge in [0.2, 0.25) is 0 Å². The molecule has 3 aromatic heterocycles. The lowest BCUT2D eigenvalue weighted by Crippen LogP contribution is -2.50. The molecule has 5 rings (SSSR count). The SMILES string of the molecule is O=C(c1ccsc1)N1CC2C(C1)n1cccc1C(=O)N2Cc1ccccn1. The Labute approximate surface area is 160 Å². The number of fused-ring (bicyclic) bond motifs is 3. The maximum atomic E-state index is 13.1. The third-order valence-electron chi connectivity index (χ3n) is 5.39. The van der Waals surface area contributed by atoms with Gasteiger partial charge >= 0.3 is 0 Å². The van der Waals surface area contributed by atoms with Gasteiger partial charge in [-0.05, 0) is 35.7 Å². The van der Waals surface area contributed by atoms with Gasteiger partial charge in [0.1, 0.15) is 5.69 Å². The van der Waals surface area contributed by atoms with Crippen molar-refractivity contribution in [2.75, 3.05) is 13.1 Å². The van der Waals surface area contributed by atoms with E-state index < -0.39 is 0 Å². The molecule has 0 radical (unpaired) electrons. The second-order valence-corrected chi connectivity index (χ2v) is 7.69. The zero-order valence-electron chi connectivity index (χ0n) is 14.6. The molecule has 0 saturated carbocycles. The predicted molar refractivity (Wildman–Crippen MR) is 102 cm³/mol. The first-order valence-corrected chi connectivity index (χ1v) is 9.86. The fourth-order valence-corrected chi connectivity index (χ4v) is 4.73. The van der Waals surface area contributed by atoms with E-state index in [2.05, 4.69) is 4.98 Å². The first-order chi connectivity index (χ1) is 13.2. The number of nitrogens with zero attached hydrogens (tertiary/aromatic N) is 4. The minimum Gasteiger partial charge on any atom is -0.337 e. The zero-order valence-corrected chi connectivity index (χ0v) is 15.4. The van der Waals surface area contributed by atoms with Crippen molar-refractivity contribution in [1.82, 2.24) is 19.4 Å². The number of amides is 2. The maximum absolute atomic E-state index is 13.1. The lowest BCUT2D eigenvalue weighted by molar-refractivity contribution is 0.0547. The fourth-order valence-electron chi connectivity index (χ4n) is 4.10. The van der Waals surface area contributed by atoms with Crippen LogP contribution in [0.15, 0.2) is 59.6 Å². The van der Waals surface area contributed by atoms with Gasteiger partial charge in [-0.25, -0.2) is 0 Å². The van der Waals surface area contributed by atoms with Gasteiger partial charge in [0.15, 0.2) is 0 Å². The lowest BCUT2D eigenvalue weighted by Gasteiger charge is -2.37. The van der Waals surface area contributed by atoms with Crippen LogP contribution in [0.4, 0.5) is 0 Å². The summed E-state index contributed by atoms with van der Waals surface area (Å²) < 4.78 is 2.03. The first kappa shape index (κ1) is 16.3. The lowest BCUT2D eigenvalue weighted by atomic mass is 10.1. The van der Waals surface area contributed by atoms with Crippen LogP contribution in [-0.2, 0) is 6.54 Å². The molecule has 2 amide bonds. The van der Waals surface area contributed by atoms with E-state index in [4.69, 9.17) is 0 Å². The second-order valence-electron chi connectivity index (χ2n) is 6.91. The van der Waals surface area contributed by atoms with Crippen LogP contribution in [0.2, 0.25) is 0 Å². The Kier molecular flexibility index (Phi) is 3.82. The molecule has 2 atom stereocenters. The summed E-state index contributed by atoms with van der Waals surface area (Å²) in [5.41, 5.74) is 2.25. The van der Waals surface area contributed by atoms with Crippen molar-refractivity contribution in [3.05, 3.63) is 76.5 Å². The molecule has 6 nitrogen and oxygen atoms in total. The number of hydrogen-bond acceptors (Lipinski definition) is 4. The molecule has 0 aliphatic carbocycles. The Morgan fingerprint density at radius 3 is 2.81 bits per heavy atom. The molecule has 136 valence electrons. The molecule has 27 heavy (non-hydrogen) atoms. The molecule has 0 spiro atoms. The zero-order chi connectivity index (χ0) is 18.4. The summed E-state index contributed by atoms with van der Waals surface area (Å²) >= 11 is 1.52. The summed E-state index contributed by atoms with van der Waals surface area (Å²) in [7, 11) is 0. The normalized spacial score (nSPS) is 21.3. The highest BCUT2D eigenvalue weighted by Crippen LogP contribution is 2.35. The summed E-state index contributed by atoms with van der Waals surface area (Å²) in [6, 6.07) is 11.3. The van der Waals surface area contributed by atoms with Crippen molar-refractivity contribution in [2.24, 2.45) is 0 Å². The van der Waals surface area contributed by atoms with Crippen molar-refractivity contribution in [1.29, 1.82) is 0 Å². The largest absolute Gasteiger partial charge is 0.337 e. The molecule has 7 heteroatoms. The Morgan fingerprint density at radius 2 is 2.04 bits per heavy atom. The van der Waals surface area contributed by atoms with E-state index in [-0.39, 0.29) is 23.9 Å². The predicted octanol–water partition coefficient (Wildman–Crippen LogP) is 2.67. The van der Waals surface area contributed by atoms with Crippen molar-refractivity contribution >= 4 is 23.2 Å². The first-order valence-electron chi connectivity index (χ1n) is 8.91. The van der Waals surface area contributed by atoms with Gasteiger partial charge in [-0.15, -0.1) is 0 Å². The average molecular weight is 378 g/mol. The van der Waals surface area contributed by atoms with E-state index in [0.717, 1.165) is 5.69 Å². The number of carbonyl (C=O) groups excluding carboxylic acids is 2. The minimum atomic E-state index is -0.0537. The van der Waals surface area contributed by atoms with Crippen LogP contribution >= 0.6 is 11.3 Å². The van der Waals surface area contributed by atoms with Gasteiger partial charge < -0.3 is 14.4 Å². The quantitative estimate of drug-likeness (QED) is 0.704. The molecule has 1 saturated heterocycles. The highest BCUT2D eigenvalue weighted by molar-refractivity contribution is 7.08. The van der Waals surface area contributed by atoms with Crippen molar-refractivity contribution in [3.63, 3.8) is 0 Å². The van der Waals surface area contributed by atoms with Crippen LogP contribution in [0.1, 0.15) is 32.6 Å². The summed E-state index contributed by atoms with van der Waals surface area (Å²) in [4.78, 5) is 34.1. The van der Waals surface area contributed by atoms with Crippen molar-refractivity contribution in [3.8, 4) is 0 Å². The molecule has 5 heterocycles. The number of thiophene rings is 1. The van der Waals surface area contributed by atoms with Gasteiger partial charge in [0, 0.05) is 30.9 Å². The highest BCUT2D eigenvalue weighted by Gasteiger charge is 2.46. The van der Waals surface area contributed by atoms with Crippen molar-refractivity contribution in [2.45, 2.75) is 18.6 Å². The van der Waals surface area contributed by atoms with Gasteiger partial charge in [-0.3, -0.25) is 14.6 Å². The highest BCUT2D eigenvalue weighted by atomic mass is 32.1. The van der Waals surface area contributed by atoms with Crippen LogP contribution in [0.3, 0.4) is 0 Å². The molecule has 2 unspecified atom stereocenters. The summed E-state index contributed by atoms with van der Waals surface area (Å²) in [5, 5.41) is 3.79. The van der Waals surface area contributed by atoms with Gasteiger partial charge in [-0.1, -0.05) is 6.07 Å². The Morgan fingerprint density at radius 1 is 1.15 bits per heavy atom. The molecule has 3 aromatic rings. The molecule has 2 aliphatic rings. The molecule has 0 bridgehead atoms. The van der Waals surface area contributed by atoms with Crippen LogP contribution in [0.25, 0.3) is 0 Å². The molecule has 0 aromatic carbocycles. The van der Waals surface area contributed by atoms with E-state index in [1.165, 1.54) is 11.3 Å². The van der Waals surface area contributed by atoms with E-state index in [1.54, 1.807) is 6.20 Å². The van der Waals surface area contributed by atoms with Gasteiger partial charge in [-0.2, -0.15) is 11.3 Å². The summed E-state index contributed by atoms with van der Waals surface area (Å²) in [5.74, 6) is 0.0290. The Balaban J connectivity index is 1.48. The molecular weight excluding hydrogens is 360 g/mol. The number of aromatic nitrogens is 2. The molecule has 0 N–H and O–H groups in total. The smallest absolute Gasteiger partial charge is 0.271 e. The second kappa shape index (κ2) is 6.35. The molecule has 2 aliphatic heterocycles. The van der Waals surface area contributed by atoms with E-state index in [0.29, 0.717) is 30.9 Å². The average Bonchev–Trinajstić information content (AvgIpc) is 3.45. The molecular formula is C20H18N4O2S. The van der Waals surface area contributed by atoms with Crippen LogP contribution < -0.4 is 0 Å². The van der Waals surface area contributed by atoms with Crippen molar-refractivity contribution < 1.29 is 9.59 Å². The molecule has 1 fully saturated rings. The van der Waals surface area contributed by atoms with Crippen LogP contribution in [-0.4, -0.2) is 50.3 Å². The number of carbonyl (C=O) groups is 2. The minimum absolute atomic E-state index is 0.00302. The third-order valence-corrected chi connectivity index (χ3v) is 6.07. The van der Waals surface area contributed by atoms with Crippen LogP contribution in [0, 0.1) is 0 Å². The maximum Gasteiger partial charge on any atom is 0.271 e. The van der Waals surface area contributed by atoms with E-state index in [9.17, 15) is 9.59 Å². The number of rotatable bonds is 3. The topological polar surface area (TPSA) is 58.4 Å². The monoisotopic (exact) mass is 378 g/mol. The number of hydrogen-bond donors (Lipinski definition) is 0. The number of pyridine rings is 1. The van der Waals surface area contributed by atoms with E-state index in [1.807, 2.05) is 67.7 Å². The van der Waals surface area contributed by atoms with Gasteiger partial charge in [0.05, 0.1) is 29.9 Å². The Hall–Kier alpha value is -2.93.